The van der Waals surface area contributed by atoms with E-state index in [4.69, 9.17) is 0 Å². The van der Waals surface area contributed by atoms with E-state index < -0.39 is 0 Å². The van der Waals surface area contributed by atoms with Crippen LogP contribution < -0.4 is 5.32 Å². The molecule has 0 spiro atoms. The molecular formula is C19H23FN4O2. The van der Waals surface area contributed by atoms with E-state index in [0.29, 0.717) is 31.5 Å². The minimum atomic E-state index is -0.334. The zero-order valence-electron chi connectivity index (χ0n) is 14.8. The second kappa shape index (κ2) is 8.12. The Morgan fingerprint density at radius 2 is 2.19 bits per heavy atom. The average Bonchev–Trinajstić information content (AvgIpc) is 3.11. The molecular weight excluding hydrogens is 335 g/mol. The fourth-order valence-corrected chi connectivity index (χ4v) is 3.12. The summed E-state index contributed by atoms with van der Waals surface area (Å²) in [6, 6.07) is 6.41. The first-order valence-corrected chi connectivity index (χ1v) is 8.87. The molecule has 1 saturated heterocycles. The van der Waals surface area contributed by atoms with E-state index >= 15 is 0 Å². The van der Waals surface area contributed by atoms with Crippen molar-refractivity contribution >= 4 is 11.8 Å². The lowest BCUT2D eigenvalue weighted by molar-refractivity contribution is -0.139. The highest BCUT2D eigenvalue weighted by Gasteiger charge is 2.30. The molecule has 0 aliphatic carbocycles. The van der Waals surface area contributed by atoms with Gasteiger partial charge >= 0.3 is 0 Å². The molecule has 0 bridgehead atoms. The molecule has 6 nitrogen and oxygen atoms in total. The number of aromatic nitrogens is 2. The number of rotatable bonds is 6. The first-order chi connectivity index (χ1) is 12.6. The minimum absolute atomic E-state index is 0.0403. The summed E-state index contributed by atoms with van der Waals surface area (Å²) in [5.41, 5.74) is 1.41. The van der Waals surface area contributed by atoms with Crippen molar-refractivity contribution in [1.29, 1.82) is 0 Å². The molecule has 2 heterocycles. The third kappa shape index (κ3) is 4.28. The average molecular weight is 358 g/mol. The molecule has 3 rings (SSSR count). The van der Waals surface area contributed by atoms with Crippen LogP contribution in [0.15, 0.2) is 36.7 Å². The van der Waals surface area contributed by atoms with Crippen molar-refractivity contribution in [2.75, 3.05) is 6.54 Å². The van der Waals surface area contributed by atoms with Gasteiger partial charge in [0.05, 0.1) is 12.1 Å². The predicted octanol–water partition coefficient (Wildman–Crippen LogP) is 2.10. The number of benzene rings is 1. The summed E-state index contributed by atoms with van der Waals surface area (Å²) in [6.45, 7) is 3.70. The van der Waals surface area contributed by atoms with E-state index in [-0.39, 0.29) is 30.1 Å². The molecule has 1 atom stereocenters. The zero-order valence-corrected chi connectivity index (χ0v) is 14.8. The Morgan fingerprint density at radius 1 is 1.38 bits per heavy atom. The summed E-state index contributed by atoms with van der Waals surface area (Å²) in [4.78, 5) is 26.2. The molecule has 0 radical (unpaired) electrons. The summed E-state index contributed by atoms with van der Waals surface area (Å²) in [7, 11) is 0. The van der Waals surface area contributed by atoms with E-state index in [1.165, 1.54) is 6.07 Å². The lowest BCUT2D eigenvalue weighted by Gasteiger charge is -2.32. The van der Waals surface area contributed by atoms with Gasteiger partial charge in [-0.05, 0) is 19.4 Å². The van der Waals surface area contributed by atoms with Crippen LogP contribution >= 0.6 is 0 Å². The number of nitrogens with one attached hydrogen (secondary N) is 1. The summed E-state index contributed by atoms with van der Waals surface area (Å²) < 4.78 is 15.6. The highest BCUT2D eigenvalue weighted by molar-refractivity contribution is 5.83. The molecule has 26 heavy (non-hydrogen) atoms. The first-order valence-electron chi connectivity index (χ1n) is 8.87. The maximum Gasteiger partial charge on any atom is 0.225 e. The van der Waals surface area contributed by atoms with Crippen LogP contribution in [0.1, 0.15) is 30.9 Å². The third-order valence-electron chi connectivity index (χ3n) is 4.67. The highest BCUT2D eigenvalue weighted by atomic mass is 19.1. The molecule has 1 N–H and O–H groups in total. The van der Waals surface area contributed by atoms with Gasteiger partial charge in [0.1, 0.15) is 5.82 Å². The predicted molar refractivity (Wildman–Crippen MR) is 94.3 cm³/mol. The number of piperidine rings is 1. The number of aryl methyl sites for hydroxylation is 1. The number of carbonyl (C=O) groups is 2. The van der Waals surface area contributed by atoms with Gasteiger partial charge in [-0.25, -0.2) is 4.39 Å². The number of halogens is 1. The van der Waals surface area contributed by atoms with Gasteiger partial charge in [-0.2, -0.15) is 5.10 Å². The maximum atomic E-state index is 13.8. The number of amides is 2. The van der Waals surface area contributed by atoms with Crippen molar-refractivity contribution in [3.63, 3.8) is 0 Å². The molecule has 2 amide bonds. The first kappa shape index (κ1) is 18.1. The van der Waals surface area contributed by atoms with Gasteiger partial charge in [0.25, 0.3) is 0 Å². The fraction of sp³-hybridized carbons (Fsp3) is 0.421. The van der Waals surface area contributed by atoms with E-state index in [0.717, 1.165) is 12.1 Å². The molecule has 7 heteroatoms. The molecule has 1 aliphatic rings. The maximum absolute atomic E-state index is 13.8. The SMILES string of the molecule is CCn1cc(CNC(=O)[C@@H]2CCC(=O)N(Cc3ccccc3F)C2)cn1. The van der Waals surface area contributed by atoms with Crippen LogP contribution in [0, 0.1) is 11.7 Å². The molecule has 2 aromatic rings. The quantitative estimate of drug-likeness (QED) is 0.860. The van der Waals surface area contributed by atoms with Crippen LogP contribution in [0.3, 0.4) is 0 Å². The number of carbonyl (C=O) groups excluding carboxylic acids is 2. The molecule has 138 valence electrons. The Labute approximate surface area is 152 Å². The van der Waals surface area contributed by atoms with Gasteiger partial charge in [-0.15, -0.1) is 0 Å². The van der Waals surface area contributed by atoms with Gasteiger partial charge in [0.15, 0.2) is 0 Å². The van der Waals surface area contributed by atoms with Gasteiger partial charge in [0.2, 0.25) is 11.8 Å². The zero-order chi connectivity index (χ0) is 18.5. The van der Waals surface area contributed by atoms with E-state index in [9.17, 15) is 14.0 Å². The summed E-state index contributed by atoms with van der Waals surface area (Å²) >= 11 is 0. The smallest absolute Gasteiger partial charge is 0.225 e. The number of nitrogens with zero attached hydrogens (tertiary/aromatic N) is 3. The van der Waals surface area contributed by atoms with Crippen molar-refractivity contribution in [2.45, 2.75) is 39.4 Å². The van der Waals surface area contributed by atoms with E-state index in [2.05, 4.69) is 10.4 Å². The van der Waals surface area contributed by atoms with Gasteiger partial charge < -0.3 is 10.2 Å². The fourth-order valence-electron chi connectivity index (χ4n) is 3.12. The van der Waals surface area contributed by atoms with Crippen LogP contribution in [0.2, 0.25) is 0 Å². The van der Waals surface area contributed by atoms with Crippen LogP contribution in [-0.2, 0) is 29.2 Å². The van der Waals surface area contributed by atoms with Crippen molar-refractivity contribution in [2.24, 2.45) is 5.92 Å². The van der Waals surface area contributed by atoms with Crippen molar-refractivity contribution < 1.29 is 14.0 Å². The molecule has 1 aromatic carbocycles. The number of hydrogen-bond donors (Lipinski definition) is 1. The van der Waals surface area contributed by atoms with E-state index in [1.54, 1.807) is 34.0 Å². The Hall–Kier alpha value is -2.70. The van der Waals surface area contributed by atoms with Crippen LogP contribution in [0.25, 0.3) is 0 Å². The Bertz CT molecular complexity index is 789. The Morgan fingerprint density at radius 3 is 2.92 bits per heavy atom. The summed E-state index contributed by atoms with van der Waals surface area (Å²) in [5, 5.41) is 7.09. The molecule has 1 aromatic heterocycles. The summed E-state index contributed by atoms with van der Waals surface area (Å²) in [6.07, 6.45) is 4.46. The lowest BCUT2D eigenvalue weighted by atomic mass is 9.96. The van der Waals surface area contributed by atoms with E-state index in [1.807, 2.05) is 13.1 Å². The standard InChI is InChI=1S/C19H23FN4O2/c1-2-24-11-14(10-22-24)9-21-19(26)16-7-8-18(25)23(13-16)12-15-5-3-4-6-17(15)20/h3-6,10-11,16H,2,7-9,12-13H2,1H3,(H,21,26)/t16-/m1/s1. The molecule has 1 fully saturated rings. The van der Waals surface area contributed by atoms with Crippen molar-refractivity contribution in [3.8, 4) is 0 Å². The van der Waals surface area contributed by atoms with Crippen molar-refractivity contribution in [1.82, 2.24) is 20.0 Å². The monoisotopic (exact) mass is 358 g/mol. The Balaban J connectivity index is 1.57. The second-order valence-electron chi connectivity index (χ2n) is 6.52. The van der Waals surface area contributed by atoms with Crippen LogP contribution in [0.5, 0.6) is 0 Å². The topological polar surface area (TPSA) is 67.2 Å². The Kier molecular flexibility index (Phi) is 5.65. The normalized spacial score (nSPS) is 17.4. The molecule has 0 unspecified atom stereocenters. The minimum Gasteiger partial charge on any atom is -0.352 e. The van der Waals surface area contributed by atoms with Gasteiger partial charge in [-0.1, -0.05) is 18.2 Å². The molecule has 1 aliphatic heterocycles. The van der Waals surface area contributed by atoms with Crippen molar-refractivity contribution in [3.05, 3.63) is 53.6 Å². The summed E-state index contributed by atoms with van der Waals surface area (Å²) in [5.74, 6) is -0.734. The second-order valence-corrected chi connectivity index (χ2v) is 6.52. The largest absolute Gasteiger partial charge is 0.352 e. The van der Waals surface area contributed by atoms with Crippen LogP contribution in [0.4, 0.5) is 4.39 Å². The third-order valence-corrected chi connectivity index (χ3v) is 4.67. The van der Waals surface area contributed by atoms with Crippen LogP contribution in [-0.4, -0.2) is 33.0 Å². The highest BCUT2D eigenvalue weighted by Crippen LogP contribution is 2.21. The van der Waals surface area contributed by atoms with Gasteiger partial charge in [0, 0.05) is 49.9 Å². The number of likely N-dealkylation sites (tertiary alicyclic amines) is 1. The molecule has 0 saturated carbocycles. The number of hydrogen-bond acceptors (Lipinski definition) is 3. The lowest BCUT2D eigenvalue weighted by Crippen LogP contribution is -2.45. The van der Waals surface area contributed by atoms with Gasteiger partial charge in [-0.3, -0.25) is 14.3 Å².